The maximum absolute atomic E-state index is 12.7. The molecule has 3 rings (SSSR count). The molecule has 1 atom stereocenters. The van der Waals surface area contributed by atoms with Crippen molar-refractivity contribution in [2.24, 2.45) is 0 Å². The molecule has 0 aliphatic carbocycles. The van der Waals surface area contributed by atoms with Crippen molar-refractivity contribution >= 4 is 38.6 Å². The number of benzene rings is 2. The molecular weight excluding hydrogens is 396 g/mol. The van der Waals surface area contributed by atoms with Gasteiger partial charge in [-0.2, -0.15) is 5.10 Å². The zero-order valence-electron chi connectivity index (χ0n) is 14.6. The lowest BCUT2D eigenvalue weighted by Gasteiger charge is -2.17. The highest BCUT2D eigenvalue weighted by atomic mass is 79.9. The first-order valence-corrected chi connectivity index (χ1v) is 9.18. The Morgan fingerprint density at radius 1 is 1.23 bits per heavy atom. The second kappa shape index (κ2) is 7.83. The predicted octanol–water partition coefficient (Wildman–Crippen LogP) is 4.48. The van der Waals surface area contributed by atoms with Crippen molar-refractivity contribution in [1.82, 2.24) is 9.78 Å². The summed E-state index contributed by atoms with van der Waals surface area (Å²) in [6.07, 6.45) is 1.70. The average Bonchev–Trinajstić information content (AvgIpc) is 3.04. The van der Waals surface area contributed by atoms with Crippen LogP contribution in [0.15, 0.2) is 53.1 Å². The summed E-state index contributed by atoms with van der Waals surface area (Å²) in [7, 11) is 0. The molecule has 5 nitrogen and oxygen atoms in total. The predicted molar refractivity (Wildman–Crippen MR) is 103 cm³/mol. The minimum absolute atomic E-state index is 0.00483. The molecule has 0 bridgehead atoms. The second-order valence-electron chi connectivity index (χ2n) is 6.01. The van der Waals surface area contributed by atoms with E-state index in [0.717, 1.165) is 20.9 Å². The van der Waals surface area contributed by atoms with Crippen LogP contribution in [-0.4, -0.2) is 28.1 Å². The number of halogens is 1. The van der Waals surface area contributed by atoms with Gasteiger partial charge in [-0.25, -0.2) is 9.48 Å². The van der Waals surface area contributed by atoms with Gasteiger partial charge < -0.3 is 4.74 Å². The summed E-state index contributed by atoms with van der Waals surface area (Å²) in [5, 5.41) is 5.29. The van der Waals surface area contributed by atoms with E-state index in [1.807, 2.05) is 25.1 Å². The molecule has 1 heterocycles. The van der Waals surface area contributed by atoms with Crippen molar-refractivity contribution in [2.75, 3.05) is 6.61 Å². The van der Waals surface area contributed by atoms with E-state index >= 15 is 0 Å². The van der Waals surface area contributed by atoms with Crippen molar-refractivity contribution < 1.29 is 14.3 Å². The first-order valence-electron chi connectivity index (χ1n) is 8.39. The third-order valence-electron chi connectivity index (χ3n) is 4.17. The van der Waals surface area contributed by atoms with Gasteiger partial charge in [0.2, 0.25) is 0 Å². The molecule has 0 aliphatic heterocycles. The Morgan fingerprint density at radius 2 is 1.96 bits per heavy atom. The number of ketones is 1. The van der Waals surface area contributed by atoms with Gasteiger partial charge in [0.15, 0.2) is 11.8 Å². The molecule has 3 aromatic rings. The number of esters is 1. The molecule has 0 spiro atoms. The average molecular weight is 415 g/mol. The fourth-order valence-electron chi connectivity index (χ4n) is 3.02. The number of Topliss-reactive ketones (excluding diaryl/α,β-unsaturated/α-hetero) is 1. The lowest BCUT2D eigenvalue weighted by atomic mass is 10.0. The van der Waals surface area contributed by atoms with Gasteiger partial charge in [0, 0.05) is 21.8 Å². The summed E-state index contributed by atoms with van der Waals surface area (Å²) < 4.78 is 7.76. The number of hydrogen-bond acceptors (Lipinski definition) is 4. The lowest BCUT2D eigenvalue weighted by Crippen LogP contribution is -2.26. The van der Waals surface area contributed by atoms with E-state index in [9.17, 15) is 9.59 Å². The number of aryl methyl sites for hydroxylation is 1. The van der Waals surface area contributed by atoms with Crippen LogP contribution in [0.5, 0.6) is 0 Å². The van der Waals surface area contributed by atoms with Crippen LogP contribution < -0.4 is 0 Å². The lowest BCUT2D eigenvalue weighted by molar-refractivity contribution is -0.147. The third-order valence-corrected chi connectivity index (χ3v) is 4.63. The van der Waals surface area contributed by atoms with E-state index in [0.29, 0.717) is 5.56 Å². The highest BCUT2D eigenvalue weighted by Gasteiger charge is 2.28. The van der Waals surface area contributed by atoms with Gasteiger partial charge in [-0.15, -0.1) is 0 Å². The van der Waals surface area contributed by atoms with E-state index in [-0.39, 0.29) is 18.8 Å². The van der Waals surface area contributed by atoms with Gasteiger partial charge in [0.1, 0.15) is 0 Å². The largest absolute Gasteiger partial charge is 0.464 e. The minimum Gasteiger partial charge on any atom is -0.464 e. The summed E-state index contributed by atoms with van der Waals surface area (Å²) in [5.41, 5.74) is 2.36. The number of aromatic nitrogens is 2. The quantitative estimate of drug-likeness (QED) is 0.440. The number of rotatable bonds is 6. The Morgan fingerprint density at radius 3 is 2.65 bits per heavy atom. The molecule has 134 valence electrons. The highest BCUT2D eigenvalue weighted by Crippen LogP contribution is 2.28. The van der Waals surface area contributed by atoms with Crippen molar-refractivity contribution in [3.05, 3.63) is 64.3 Å². The summed E-state index contributed by atoms with van der Waals surface area (Å²) in [6.45, 7) is 3.95. The first kappa shape index (κ1) is 18.3. The summed E-state index contributed by atoms with van der Waals surface area (Å²) in [6, 6.07) is 12.0. The molecule has 0 fully saturated rings. The van der Waals surface area contributed by atoms with Gasteiger partial charge >= 0.3 is 5.97 Å². The van der Waals surface area contributed by atoms with E-state index < -0.39 is 12.0 Å². The van der Waals surface area contributed by atoms with Crippen LogP contribution >= 0.6 is 15.9 Å². The topological polar surface area (TPSA) is 61.2 Å². The molecule has 1 unspecified atom stereocenters. The van der Waals surface area contributed by atoms with Crippen LogP contribution in [0.4, 0.5) is 0 Å². The van der Waals surface area contributed by atoms with Gasteiger partial charge in [0.25, 0.3) is 0 Å². The van der Waals surface area contributed by atoms with E-state index in [1.165, 1.54) is 0 Å². The van der Waals surface area contributed by atoms with E-state index in [1.54, 1.807) is 42.1 Å². The molecule has 0 saturated heterocycles. The van der Waals surface area contributed by atoms with Crippen LogP contribution in [0.3, 0.4) is 0 Å². The molecule has 6 heteroatoms. The number of nitrogens with zero attached hydrogens (tertiary/aromatic N) is 2. The molecular formula is C20H19BrN2O3. The second-order valence-corrected chi connectivity index (χ2v) is 6.93. The van der Waals surface area contributed by atoms with E-state index in [4.69, 9.17) is 4.74 Å². The highest BCUT2D eigenvalue weighted by molar-refractivity contribution is 9.10. The fourth-order valence-corrected chi connectivity index (χ4v) is 3.61. The third kappa shape index (κ3) is 3.70. The Hall–Kier alpha value is -2.47. The molecule has 0 N–H and O–H groups in total. The number of fused-ring (bicyclic) bond motifs is 1. The Balaban J connectivity index is 2.02. The van der Waals surface area contributed by atoms with Crippen molar-refractivity contribution in [3.63, 3.8) is 0 Å². The van der Waals surface area contributed by atoms with Crippen LogP contribution in [-0.2, 0) is 9.53 Å². The molecule has 0 amide bonds. The van der Waals surface area contributed by atoms with Gasteiger partial charge in [-0.1, -0.05) is 46.3 Å². The first-order chi connectivity index (χ1) is 12.5. The molecule has 26 heavy (non-hydrogen) atoms. The zero-order valence-corrected chi connectivity index (χ0v) is 16.2. The standard InChI is InChI=1S/C20H19BrN2O3/c1-3-26-20(25)17(11-18(24)14-7-5-4-6-8-14)23-19-13(2)9-16(21)10-15(19)12-22-23/h4-10,12,17H,3,11H2,1-2H3. The number of carbonyl (C=O) groups is 2. The summed E-state index contributed by atoms with van der Waals surface area (Å²) in [5.74, 6) is -0.578. The van der Waals surface area contributed by atoms with Crippen LogP contribution in [0.1, 0.15) is 35.3 Å². The van der Waals surface area contributed by atoms with Crippen LogP contribution in [0, 0.1) is 6.92 Å². The van der Waals surface area contributed by atoms with Gasteiger partial charge in [0.05, 0.1) is 18.3 Å². The van der Waals surface area contributed by atoms with E-state index in [2.05, 4.69) is 21.0 Å². The molecule has 0 radical (unpaired) electrons. The fraction of sp³-hybridized carbons (Fsp3) is 0.250. The SMILES string of the molecule is CCOC(=O)C(CC(=O)c1ccccc1)n1ncc2cc(Br)cc(C)c21. The zero-order chi connectivity index (χ0) is 18.7. The summed E-state index contributed by atoms with van der Waals surface area (Å²) in [4.78, 5) is 25.3. The minimum atomic E-state index is -0.806. The number of carbonyl (C=O) groups excluding carboxylic acids is 2. The van der Waals surface area contributed by atoms with Crippen LogP contribution in [0.2, 0.25) is 0 Å². The van der Waals surface area contributed by atoms with Crippen molar-refractivity contribution in [2.45, 2.75) is 26.3 Å². The molecule has 2 aromatic carbocycles. The number of ether oxygens (including phenoxy) is 1. The maximum Gasteiger partial charge on any atom is 0.331 e. The molecule has 0 saturated carbocycles. The maximum atomic E-state index is 12.7. The van der Waals surface area contributed by atoms with Gasteiger partial charge in [-0.05, 0) is 31.5 Å². The normalized spacial score (nSPS) is 12.1. The molecule has 0 aliphatic rings. The Bertz CT molecular complexity index is 950. The van der Waals surface area contributed by atoms with Crippen molar-refractivity contribution in [3.8, 4) is 0 Å². The Kier molecular flexibility index (Phi) is 5.52. The smallest absolute Gasteiger partial charge is 0.331 e. The number of hydrogen-bond donors (Lipinski definition) is 0. The summed E-state index contributed by atoms with van der Waals surface area (Å²) >= 11 is 3.47. The monoisotopic (exact) mass is 414 g/mol. The van der Waals surface area contributed by atoms with Gasteiger partial charge in [-0.3, -0.25) is 4.79 Å². The molecule has 1 aromatic heterocycles. The van der Waals surface area contributed by atoms with Crippen molar-refractivity contribution in [1.29, 1.82) is 0 Å². The Labute approximate surface area is 160 Å². The van der Waals surface area contributed by atoms with Crippen LogP contribution in [0.25, 0.3) is 10.9 Å².